The SMILES string of the molecule is CN(C)C1(CNCc2cc(F)ccc2O)CCCC1. The van der Waals surface area contributed by atoms with Gasteiger partial charge in [-0.05, 0) is 45.1 Å². The fourth-order valence-electron chi connectivity index (χ4n) is 2.94. The predicted octanol–water partition coefficient (Wildman–Crippen LogP) is 2.50. The summed E-state index contributed by atoms with van der Waals surface area (Å²) in [5.41, 5.74) is 0.829. The lowest BCUT2D eigenvalue weighted by Crippen LogP contribution is -2.49. The first-order chi connectivity index (χ1) is 9.03. The third-order valence-corrected chi connectivity index (χ3v) is 4.29. The minimum Gasteiger partial charge on any atom is -0.508 e. The molecule has 3 nitrogen and oxygen atoms in total. The van der Waals surface area contributed by atoms with Gasteiger partial charge in [-0.3, -0.25) is 0 Å². The van der Waals surface area contributed by atoms with Gasteiger partial charge in [0, 0.05) is 24.2 Å². The van der Waals surface area contributed by atoms with E-state index in [-0.39, 0.29) is 17.1 Å². The highest BCUT2D eigenvalue weighted by atomic mass is 19.1. The molecule has 0 amide bonds. The van der Waals surface area contributed by atoms with E-state index in [1.54, 1.807) is 0 Å². The first kappa shape index (κ1) is 14.3. The second-order valence-corrected chi connectivity index (χ2v) is 5.70. The Hall–Kier alpha value is -1.13. The van der Waals surface area contributed by atoms with Gasteiger partial charge in [-0.25, -0.2) is 4.39 Å². The fraction of sp³-hybridized carbons (Fsp3) is 0.600. The van der Waals surface area contributed by atoms with Gasteiger partial charge in [-0.15, -0.1) is 0 Å². The number of rotatable bonds is 5. The standard InChI is InChI=1S/C15H23FN2O/c1-18(2)15(7-3-4-8-15)11-17-10-12-9-13(16)5-6-14(12)19/h5-6,9,17,19H,3-4,7-8,10-11H2,1-2H3. The molecule has 1 aliphatic carbocycles. The number of hydrogen-bond donors (Lipinski definition) is 2. The molecular formula is C15H23FN2O. The van der Waals surface area contributed by atoms with Crippen molar-refractivity contribution < 1.29 is 9.50 Å². The van der Waals surface area contributed by atoms with Crippen LogP contribution >= 0.6 is 0 Å². The molecule has 1 aliphatic rings. The zero-order valence-electron chi connectivity index (χ0n) is 11.7. The Labute approximate surface area is 114 Å². The van der Waals surface area contributed by atoms with Crippen LogP contribution in [0.2, 0.25) is 0 Å². The number of phenolic OH excluding ortho intramolecular Hbond substituents is 1. The van der Waals surface area contributed by atoms with Gasteiger partial charge in [-0.2, -0.15) is 0 Å². The second-order valence-electron chi connectivity index (χ2n) is 5.70. The summed E-state index contributed by atoms with van der Waals surface area (Å²) >= 11 is 0. The first-order valence-electron chi connectivity index (χ1n) is 6.89. The second kappa shape index (κ2) is 5.88. The zero-order valence-corrected chi connectivity index (χ0v) is 11.7. The van der Waals surface area contributed by atoms with Crippen molar-refractivity contribution in [3.63, 3.8) is 0 Å². The number of aromatic hydroxyl groups is 1. The number of benzene rings is 1. The van der Waals surface area contributed by atoms with Crippen molar-refractivity contribution in [2.24, 2.45) is 0 Å². The van der Waals surface area contributed by atoms with E-state index in [1.807, 2.05) is 0 Å². The summed E-state index contributed by atoms with van der Waals surface area (Å²) in [6.07, 6.45) is 4.93. The van der Waals surface area contributed by atoms with Crippen molar-refractivity contribution in [2.75, 3.05) is 20.6 Å². The number of nitrogens with zero attached hydrogens (tertiary/aromatic N) is 1. The lowest BCUT2D eigenvalue weighted by Gasteiger charge is -2.36. The highest BCUT2D eigenvalue weighted by molar-refractivity contribution is 5.32. The first-order valence-corrected chi connectivity index (χ1v) is 6.89. The van der Waals surface area contributed by atoms with Gasteiger partial charge < -0.3 is 15.3 Å². The number of nitrogens with one attached hydrogen (secondary N) is 1. The Bertz CT molecular complexity index is 428. The average Bonchev–Trinajstić information content (AvgIpc) is 2.84. The van der Waals surface area contributed by atoms with E-state index in [9.17, 15) is 9.50 Å². The monoisotopic (exact) mass is 266 g/mol. The van der Waals surface area contributed by atoms with Crippen LogP contribution in [0.3, 0.4) is 0 Å². The third kappa shape index (κ3) is 3.25. The maximum atomic E-state index is 13.1. The highest BCUT2D eigenvalue weighted by Gasteiger charge is 2.35. The van der Waals surface area contributed by atoms with Crippen LogP contribution in [0.1, 0.15) is 31.2 Å². The molecule has 1 aromatic carbocycles. The van der Waals surface area contributed by atoms with Crippen LogP contribution in [-0.4, -0.2) is 36.2 Å². The molecule has 0 radical (unpaired) electrons. The molecule has 1 fully saturated rings. The molecule has 0 saturated heterocycles. The van der Waals surface area contributed by atoms with Crippen molar-refractivity contribution in [3.8, 4) is 5.75 Å². The fourth-order valence-corrected chi connectivity index (χ4v) is 2.94. The molecule has 4 heteroatoms. The normalized spacial score (nSPS) is 18.1. The van der Waals surface area contributed by atoms with Crippen LogP contribution in [0.4, 0.5) is 4.39 Å². The predicted molar refractivity (Wildman–Crippen MR) is 74.7 cm³/mol. The molecular weight excluding hydrogens is 243 g/mol. The molecule has 19 heavy (non-hydrogen) atoms. The molecule has 0 unspecified atom stereocenters. The number of hydrogen-bond acceptors (Lipinski definition) is 3. The molecule has 2 rings (SSSR count). The van der Waals surface area contributed by atoms with Crippen LogP contribution in [0, 0.1) is 5.82 Å². The summed E-state index contributed by atoms with van der Waals surface area (Å²) in [6.45, 7) is 1.37. The molecule has 0 atom stereocenters. The summed E-state index contributed by atoms with van der Waals surface area (Å²) in [5.74, 6) is -0.156. The van der Waals surface area contributed by atoms with Crippen molar-refractivity contribution >= 4 is 0 Å². The van der Waals surface area contributed by atoms with E-state index >= 15 is 0 Å². The van der Waals surface area contributed by atoms with Crippen LogP contribution in [0.15, 0.2) is 18.2 Å². The van der Waals surface area contributed by atoms with E-state index in [0.717, 1.165) is 6.54 Å². The summed E-state index contributed by atoms with van der Waals surface area (Å²) in [6, 6.07) is 4.07. The summed E-state index contributed by atoms with van der Waals surface area (Å²) in [5, 5.41) is 13.0. The zero-order chi connectivity index (χ0) is 13.9. The van der Waals surface area contributed by atoms with Gasteiger partial charge in [0.15, 0.2) is 0 Å². The van der Waals surface area contributed by atoms with E-state index in [0.29, 0.717) is 12.1 Å². The molecule has 0 bridgehead atoms. The van der Waals surface area contributed by atoms with Gasteiger partial charge in [-0.1, -0.05) is 12.8 Å². The Balaban J connectivity index is 1.94. The molecule has 2 N–H and O–H groups in total. The van der Waals surface area contributed by atoms with E-state index in [4.69, 9.17) is 0 Å². The smallest absolute Gasteiger partial charge is 0.123 e. The van der Waals surface area contributed by atoms with Gasteiger partial charge in [0.1, 0.15) is 11.6 Å². The number of likely N-dealkylation sites (N-methyl/N-ethyl adjacent to an activating group) is 1. The maximum Gasteiger partial charge on any atom is 0.123 e. The van der Waals surface area contributed by atoms with Crippen molar-refractivity contribution in [1.82, 2.24) is 10.2 Å². The van der Waals surface area contributed by atoms with Gasteiger partial charge in [0.2, 0.25) is 0 Å². The van der Waals surface area contributed by atoms with Gasteiger partial charge >= 0.3 is 0 Å². The lowest BCUT2D eigenvalue weighted by atomic mass is 9.96. The quantitative estimate of drug-likeness (QED) is 0.859. The van der Waals surface area contributed by atoms with E-state index < -0.39 is 0 Å². The summed E-state index contributed by atoms with van der Waals surface area (Å²) in [7, 11) is 4.24. The van der Waals surface area contributed by atoms with Crippen LogP contribution in [0.5, 0.6) is 5.75 Å². The Morgan fingerprint density at radius 2 is 2.00 bits per heavy atom. The average molecular weight is 266 g/mol. The Morgan fingerprint density at radius 3 is 2.63 bits per heavy atom. The molecule has 0 aromatic heterocycles. The van der Waals surface area contributed by atoms with Crippen LogP contribution in [0.25, 0.3) is 0 Å². The van der Waals surface area contributed by atoms with Crippen molar-refractivity contribution in [3.05, 3.63) is 29.6 Å². The molecule has 0 aliphatic heterocycles. The number of halogens is 1. The highest BCUT2D eigenvalue weighted by Crippen LogP contribution is 2.33. The van der Waals surface area contributed by atoms with Crippen LogP contribution in [-0.2, 0) is 6.54 Å². The number of phenols is 1. The van der Waals surface area contributed by atoms with Gasteiger partial charge in [0.05, 0.1) is 0 Å². The molecule has 0 heterocycles. The van der Waals surface area contributed by atoms with Gasteiger partial charge in [0.25, 0.3) is 0 Å². The van der Waals surface area contributed by atoms with Crippen molar-refractivity contribution in [1.29, 1.82) is 0 Å². The van der Waals surface area contributed by atoms with E-state index in [2.05, 4.69) is 24.3 Å². The molecule has 0 spiro atoms. The molecule has 1 aromatic rings. The summed E-state index contributed by atoms with van der Waals surface area (Å²) < 4.78 is 13.1. The summed E-state index contributed by atoms with van der Waals surface area (Å²) in [4.78, 5) is 2.29. The Morgan fingerprint density at radius 1 is 1.32 bits per heavy atom. The largest absolute Gasteiger partial charge is 0.508 e. The van der Waals surface area contributed by atoms with E-state index in [1.165, 1.54) is 43.9 Å². The molecule has 106 valence electrons. The topological polar surface area (TPSA) is 35.5 Å². The molecule has 1 saturated carbocycles. The maximum absolute atomic E-state index is 13.1. The lowest BCUT2D eigenvalue weighted by molar-refractivity contribution is 0.153. The van der Waals surface area contributed by atoms with Crippen LogP contribution < -0.4 is 5.32 Å². The van der Waals surface area contributed by atoms with Crippen molar-refractivity contribution in [2.45, 2.75) is 37.8 Å². The minimum atomic E-state index is -0.308. The third-order valence-electron chi connectivity index (χ3n) is 4.29. The Kier molecular flexibility index (Phi) is 4.42. The minimum absolute atomic E-state index is 0.152.